The zero-order valence-corrected chi connectivity index (χ0v) is 15.2. The first-order chi connectivity index (χ1) is 13.5. The van der Waals surface area contributed by atoms with Crippen LogP contribution in [0.25, 0.3) is 20.9 Å². The molecule has 9 nitrogen and oxygen atoms in total. The van der Waals surface area contributed by atoms with Gasteiger partial charge in [0.1, 0.15) is 22.8 Å². The van der Waals surface area contributed by atoms with Crippen molar-refractivity contribution in [3.05, 3.63) is 58.9 Å². The molecule has 0 bridgehead atoms. The monoisotopic (exact) mass is 396 g/mol. The van der Waals surface area contributed by atoms with Crippen LogP contribution < -0.4 is 9.47 Å². The van der Waals surface area contributed by atoms with Gasteiger partial charge >= 0.3 is 5.69 Å². The quantitative estimate of drug-likeness (QED) is 0.394. The van der Waals surface area contributed by atoms with Crippen LogP contribution in [0.3, 0.4) is 0 Å². The first kappa shape index (κ1) is 17.6. The van der Waals surface area contributed by atoms with Gasteiger partial charge in [-0.2, -0.15) is 4.98 Å². The molecule has 0 aliphatic heterocycles. The van der Waals surface area contributed by atoms with Crippen LogP contribution in [0, 0.1) is 10.1 Å². The maximum atomic E-state index is 11.5. The van der Waals surface area contributed by atoms with Gasteiger partial charge in [-0.25, -0.2) is 9.97 Å². The van der Waals surface area contributed by atoms with Crippen molar-refractivity contribution >= 4 is 27.4 Å². The second-order valence-electron chi connectivity index (χ2n) is 5.59. The Bertz CT molecular complexity index is 1180. The fraction of sp³-hybridized carbons (Fsp3) is 0.0556. The number of ether oxygens (including phenoxy) is 2. The third-order valence-electron chi connectivity index (χ3n) is 3.87. The lowest BCUT2D eigenvalue weighted by Crippen LogP contribution is -1.94. The normalized spacial score (nSPS) is 10.8. The van der Waals surface area contributed by atoms with Crippen molar-refractivity contribution in [2.45, 2.75) is 0 Å². The van der Waals surface area contributed by atoms with E-state index in [1.54, 1.807) is 37.4 Å². The molecule has 0 spiro atoms. The van der Waals surface area contributed by atoms with Gasteiger partial charge in [0.2, 0.25) is 11.6 Å². The Hall–Kier alpha value is -3.79. The number of benzene rings is 2. The summed E-state index contributed by atoms with van der Waals surface area (Å²) in [6.45, 7) is 0. The molecule has 2 heterocycles. The minimum absolute atomic E-state index is 0.0997. The van der Waals surface area contributed by atoms with Crippen LogP contribution in [0.4, 0.5) is 5.69 Å². The number of aromatic nitrogens is 3. The summed E-state index contributed by atoms with van der Waals surface area (Å²) in [7, 11) is 1.55. The van der Waals surface area contributed by atoms with E-state index in [1.807, 2.05) is 0 Å². The van der Waals surface area contributed by atoms with Gasteiger partial charge in [-0.3, -0.25) is 10.1 Å². The standard InChI is InChI=1S/C18H12N4O5S/c1-26-11-3-5-12(6-4-11)27-14-7-2-10(8-13(14)22(24)25)17-21-15-16(23)19-9-20-18(15)28-17/h2-9H,1H3,(H,19,20,23). The Morgan fingerprint density at radius 1 is 1.11 bits per heavy atom. The highest BCUT2D eigenvalue weighted by Gasteiger charge is 2.20. The third kappa shape index (κ3) is 3.28. The molecule has 2 aromatic heterocycles. The molecular formula is C18H12N4O5S. The number of hydrogen-bond donors (Lipinski definition) is 1. The lowest BCUT2D eigenvalue weighted by atomic mass is 10.2. The van der Waals surface area contributed by atoms with Crippen molar-refractivity contribution in [1.82, 2.24) is 15.0 Å². The average molecular weight is 396 g/mol. The van der Waals surface area contributed by atoms with E-state index in [9.17, 15) is 15.2 Å². The highest BCUT2D eigenvalue weighted by atomic mass is 32.1. The highest BCUT2D eigenvalue weighted by Crippen LogP contribution is 2.38. The summed E-state index contributed by atoms with van der Waals surface area (Å²) >= 11 is 1.20. The predicted octanol–water partition coefficient (Wildman–Crippen LogP) is 4.17. The Kier molecular flexibility index (Phi) is 4.45. The molecule has 0 aliphatic rings. The zero-order valence-electron chi connectivity index (χ0n) is 14.4. The maximum Gasteiger partial charge on any atom is 0.312 e. The number of aromatic hydroxyl groups is 1. The zero-order chi connectivity index (χ0) is 19.7. The molecule has 0 saturated carbocycles. The second-order valence-corrected chi connectivity index (χ2v) is 6.56. The number of methoxy groups -OCH3 is 1. The second kappa shape index (κ2) is 7.08. The molecule has 0 aliphatic carbocycles. The number of hydrogen-bond acceptors (Lipinski definition) is 9. The smallest absolute Gasteiger partial charge is 0.312 e. The van der Waals surface area contributed by atoms with Gasteiger partial charge in [-0.1, -0.05) is 11.3 Å². The molecule has 140 valence electrons. The van der Waals surface area contributed by atoms with E-state index in [0.717, 1.165) is 0 Å². The minimum Gasteiger partial charge on any atom is -0.497 e. The molecule has 4 rings (SSSR count). The minimum atomic E-state index is -0.521. The average Bonchev–Trinajstić information content (AvgIpc) is 3.14. The molecule has 1 N–H and O–H groups in total. The van der Waals surface area contributed by atoms with Gasteiger partial charge in [-0.15, -0.1) is 0 Å². The van der Waals surface area contributed by atoms with E-state index in [2.05, 4.69) is 15.0 Å². The van der Waals surface area contributed by atoms with E-state index in [-0.39, 0.29) is 22.8 Å². The SMILES string of the molecule is COc1ccc(Oc2ccc(-c3nc4c(O)ncnc4s3)cc2[N+](=O)[O-])cc1. The molecule has 0 amide bonds. The van der Waals surface area contributed by atoms with Crippen molar-refractivity contribution in [3.8, 4) is 33.7 Å². The summed E-state index contributed by atoms with van der Waals surface area (Å²) in [4.78, 5) is 23.5. The van der Waals surface area contributed by atoms with Crippen LogP contribution in [-0.4, -0.2) is 32.1 Å². The molecule has 0 atom stereocenters. The van der Waals surface area contributed by atoms with Gasteiger partial charge in [0.05, 0.1) is 12.0 Å². The number of fused-ring (bicyclic) bond motifs is 1. The third-order valence-corrected chi connectivity index (χ3v) is 4.88. The summed E-state index contributed by atoms with van der Waals surface area (Å²) in [5.74, 6) is 0.959. The first-order valence-corrected chi connectivity index (χ1v) is 8.78. The number of nitro groups is 1. The van der Waals surface area contributed by atoms with E-state index >= 15 is 0 Å². The number of rotatable bonds is 5. The molecular weight excluding hydrogens is 384 g/mol. The Morgan fingerprint density at radius 2 is 1.86 bits per heavy atom. The lowest BCUT2D eigenvalue weighted by Gasteiger charge is -2.08. The Labute approximate surface area is 162 Å². The molecule has 2 aromatic carbocycles. The number of thiazole rings is 1. The predicted molar refractivity (Wildman–Crippen MR) is 102 cm³/mol. The van der Waals surface area contributed by atoms with Crippen LogP contribution in [0.1, 0.15) is 0 Å². The van der Waals surface area contributed by atoms with Gasteiger partial charge in [-0.05, 0) is 36.4 Å². The molecule has 4 aromatic rings. The summed E-state index contributed by atoms with van der Waals surface area (Å²) in [5, 5.41) is 21.8. The largest absolute Gasteiger partial charge is 0.497 e. The van der Waals surface area contributed by atoms with Crippen molar-refractivity contribution in [3.63, 3.8) is 0 Å². The fourth-order valence-electron chi connectivity index (χ4n) is 2.52. The van der Waals surface area contributed by atoms with Crippen LogP contribution >= 0.6 is 11.3 Å². The lowest BCUT2D eigenvalue weighted by molar-refractivity contribution is -0.385. The van der Waals surface area contributed by atoms with Crippen molar-refractivity contribution < 1.29 is 19.5 Å². The number of nitro benzene ring substituents is 1. The molecule has 28 heavy (non-hydrogen) atoms. The fourth-order valence-corrected chi connectivity index (χ4v) is 3.41. The Balaban J connectivity index is 1.71. The Morgan fingerprint density at radius 3 is 2.54 bits per heavy atom. The van der Waals surface area contributed by atoms with Crippen LogP contribution in [0.2, 0.25) is 0 Å². The summed E-state index contributed by atoms with van der Waals surface area (Å²) in [5.41, 5.74) is 0.558. The summed E-state index contributed by atoms with van der Waals surface area (Å²) in [6, 6.07) is 11.3. The molecule has 0 fully saturated rings. The summed E-state index contributed by atoms with van der Waals surface area (Å²) in [6.07, 6.45) is 1.23. The van der Waals surface area contributed by atoms with E-state index in [4.69, 9.17) is 9.47 Å². The van der Waals surface area contributed by atoms with Crippen molar-refractivity contribution in [1.29, 1.82) is 0 Å². The molecule has 0 radical (unpaired) electrons. The van der Waals surface area contributed by atoms with E-state index < -0.39 is 4.92 Å². The van der Waals surface area contributed by atoms with Crippen LogP contribution in [0.15, 0.2) is 48.8 Å². The van der Waals surface area contributed by atoms with Gasteiger partial charge in [0, 0.05) is 11.6 Å². The van der Waals surface area contributed by atoms with Gasteiger partial charge < -0.3 is 14.6 Å². The van der Waals surface area contributed by atoms with Crippen molar-refractivity contribution in [2.24, 2.45) is 0 Å². The van der Waals surface area contributed by atoms with Crippen molar-refractivity contribution in [2.75, 3.05) is 7.11 Å². The summed E-state index contributed by atoms with van der Waals surface area (Å²) < 4.78 is 10.7. The van der Waals surface area contributed by atoms with Gasteiger partial charge in [0.15, 0.2) is 10.3 Å². The molecule has 0 unspecified atom stereocenters. The maximum absolute atomic E-state index is 11.5. The first-order valence-electron chi connectivity index (χ1n) is 7.96. The molecule has 0 saturated heterocycles. The highest BCUT2D eigenvalue weighted by molar-refractivity contribution is 7.21. The number of nitrogens with zero attached hydrogens (tertiary/aromatic N) is 4. The topological polar surface area (TPSA) is 120 Å². The van der Waals surface area contributed by atoms with Crippen LogP contribution in [0.5, 0.6) is 23.1 Å². The van der Waals surface area contributed by atoms with Crippen LogP contribution in [-0.2, 0) is 0 Å². The van der Waals surface area contributed by atoms with E-state index in [1.165, 1.54) is 29.8 Å². The molecule has 10 heteroatoms. The van der Waals surface area contributed by atoms with Gasteiger partial charge in [0.25, 0.3) is 0 Å². The van der Waals surface area contributed by atoms with E-state index in [0.29, 0.717) is 26.9 Å².